The Morgan fingerprint density at radius 2 is 2.00 bits per heavy atom. The molecule has 0 spiro atoms. The predicted molar refractivity (Wildman–Crippen MR) is 99.9 cm³/mol. The smallest absolute Gasteiger partial charge is 0.260 e. The zero-order chi connectivity index (χ0) is 17.6. The molecule has 1 aliphatic carbocycles. The van der Waals surface area contributed by atoms with Gasteiger partial charge in [-0.1, -0.05) is 31.1 Å². The van der Waals surface area contributed by atoms with Gasteiger partial charge >= 0.3 is 0 Å². The number of methoxy groups -OCH3 is 1. The Hall–Kier alpha value is -1.97. The summed E-state index contributed by atoms with van der Waals surface area (Å²) in [7, 11) is 1.63. The lowest BCUT2D eigenvalue weighted by Crippen LogP contribution is -2.41. The summed E-state index contributed by atoms with van der Waals surface area (Å²) < 4.78 is 11.2. The maximum Gasteiger partial charge on any atom is 0.260 e. The lowest BCUT2D eigenvalue weighted by molar-refractivity contribution is -0.135. The van der Waals surface area contributed by atoms with E-state index >= 15 is 0 Å². The molecule has 1 saturated heterocycles. The van der Waals surface area contributed by atoms with Crippen LogP contribution >= 0.6 is 0 Å². The van der Waals surface area contributed by atoms with Crippen molar-refractivity contribution in [3.63, 3.8) is 0 Å². The van der Waals surface area contributed by atoms with Gasteiger partial charge in [0.1, 0.15) is 0 Å². The quantitative estimate of drug-likeness (QED) is 0.773. The number of benzene rings is 1. The molecule has 3 rings (SSSR count). The highest BCUT2D eigenvalue weighted by Gasteiger charge is 2.35. The van der Waals surface area contributed by atoms with Gasteiger partial charge in [0.15, 0.2) is 18.1 Å². The summed E-state index contributed by atoms with van der Waals surface area (Å²) in [4.78, 5) is 14.8. The molecule has 4 nitrogen and oxygen atoms in total. The topological polar surface area (TPSA) is 38.8 Å². The molecule has 1 unspecified atom stereocenters. The molecule has 0 aromatic heterocycles. The zero-order valence-electron chi connectivity index (χ0n) is 15.4. The van der Waals surface area contributed by atoms with Gasteiger partial charge in [0.25, 0.3) is 5.91 Å². The van der Waals surface area contributed by atoms with Crippen molar-refractivity contribution >= 4 is 12.0 Å². The molecule has 4 heteroatoms. The Labute approximate surface area is 150 Å². The highest BCUT2D eigenvalue weighted by molar-refractivity contribution is 5.78. The van der Waals surface area contributed by atoms with Gasteiger partial charge in [-0.15, -0.1) is 0 Å². The minimum Gasteiger partial charge on any atom is -0.493 e. The first-order valence-electron chi connectivity index (χ1n) is 9.46. The summed E-state index contributed by atoms with van der Waals surface area (Å²) >= 11 is 0. The van der Waals surface area contributed by atoms with Crippen LogP contribution in [0.1, 0.15) is 51.0 Å². The molecule has 2 fully saturated rings. The van der Waals surface area contributed by atoms with Crippen LogP contribution in [0.4, 0.5) is 0 Å². The molecule has 0 N–H and O–H groups in total. The third kappa shape index (κ3) is 4.17. The van der Waals surface area contributed by atoms with E-state index in [9.17, 15) is 4.79 Å². The first kappa shape index (κ1) is 17.8. The first-order chi connectivity index (χ1) is 12.2. The molecule has 1 aliphatic heterocycles. The number of rotatable bonds is 6. The SMILES string of the molecule is C/C=C/c1ccc(OCC(=O)N2CCCC2C2CCCC2)c(OC)c1. The van der Waals surface area contributed by atoms with Crippen molar-refractivity contribution < 1.29 is 14.3 Å². The van der Waals surface area contributed by atoms with Crippen LogP contribution in [0.3, 0.4) is 0 Å². The Morgan fingerprint density at radius 3 is 2.72 bits per heavy atom. The first-order valence-corrected chi connectivity index (χ1v) is 9.46. The fourth-order valence-electron chi connectivity index (χ4n) is 4.26. The van der Waals surface area contributed by atoms with Gasteiger partial charge in [-0.2, -0.15) is 0 Å². The highest BCUT2D eigenvalue weighted by atomic mass is 16.5. The Bertz CT molecular complexity index is 620. The molecule has 0 bridgehead atoms. The Kier molecular flexibility index (Phi) is 6.00. The van der Waals surface area contributed by atoms with E-state index in [2.05, 4.69) is 4.90 Å². The third-order valence-corrected chi connectivity index (χ3v) is 5.46. The molecule has 1 saturated carbocycles. The van der Waals surface area contributed by atoms with Crippen LogP contribution in [0, 0.1) is 5.92 Å². The molecular formula is C21H29NO3. The van der Waals surface area contributed by atoms with E-state index in [4.69, 9.17) is 9.47 Å². The number of hydrogen-bond acceptors (Lipinski definition) is 3. The number of amides is 1. The molecule has 25 heavy (non-hydrogen) atoms. The average molecular weight is 343 g/mol. The standard InChI is InChI=1S/C21H29NO3/c1-3-7-16-11-12-19(20(14-16)24-2)25-15-21(23)22-13-6-10-18(22)17-8-4-5-9-17/h3,7,11-12,14,17-18H,4-6,8-10,13,15H2,1-2H3/b7-3+. The van der Waals surface area contributed by atoms with Crippen molar-refractivity contribution in [2.45, 2.75) is 51.5 Å². The molecular weight excluding hydrogens is 314 g/mol. The number of allylic oxidation sites excluding steroid dienone is 1. The van der Waals surface area contributed by atoms with Crippen molar-refractivity contribution in [2.75, 3.05) is 20.3 Å². The van der Waals surface area contributed by atoms with Gasteiger partial charge in [-0.05, 0) is 56.2 Å². The lowest BCUT2D eigenvalue weighted by Gasteiger charge is -2.29. The Morgan fingerprint density at radius 1 is 1.20 bits per heavy atom. The van der Waals surface area contributed by atoms with Crippen LogP contribution in [-0.2, 0) is 4.79 Å². The van der Waals surface area contributed by atoms with Gasteiger partial charge < -0.3 is 14.4 Å². The van der Waals surface area contributed by atoms with Crippen molar-refractivity contribution in [2.24, 2.45) is 5.92 Å². The van der Waals surface area contributed by atoms with E-state index in [0.717, 1.165) is 24.9 Å². The molecule has 1 atom stereocenters. The van der Waals surface area contributed by atoms with Gasteiger partial charge in [0.05, 0.1) is 7.11 Å². The molecule has 1 aromatic rings. The number of carbonyl (C=O) groups is 1. The maximum atomic E-state index is 12.7. The number of likely N-dealkylation sites (tertiary alicyclic amines) is 1. The summed E-state index contributed by atoms with van der Waals surface area (Å²) in [6, 6.07) is 6.20. The number of hydrogen-bond donors (Lipinski definition) is 0. The van der Waals surface area contributed by atoms with Gasteiger partial charge in [-0.3, -0.25) is 4.79 Å². The predicted octanol–water partition coefficient (Wildman–Crippen LogP) is 4.29. The minimum atomic E-state index is 0.0859. The highest BCUT2D eigenvalue weighted by Crippen LogP contribution is 2.35. The van der Waals surface area contributed by atoms with Crippen molar-refractivity contribution in [3.05, 3.63) is 29.8 Å². The van der Waals surface area contributed by atoms with Gasteiger partial charge in [0, 0.05) is 12.6 Å². The fourth-order valence-corrected chi connectivity index (χ4v) is 4.26. The normalized spacial score (nSPS) is 21.2. The van der Waals surface area contributed by atoms with Gasteiger partial charge in [0.2, 0.25) is 0 Å². The van der Waals surface area contributed by atoms with E-state index in [1.165, 1.54) is 25.7 Å². The van der Waals surface area contributed by atoms with E-state index in [0.29, 0.717) is 23.5 Å². The van der Waals surface area contributed by atoms with Crippen molar-refractivity contribution in [1.29, 1.82) is 0 Å². The average Bonchev–Trinajstić information content (AvgIpc) is 3.31. The lowest BCUT2D eigenvalue weighted by atomic mass is 9.96. The summed E-state index contributed by atoms with van der Waals surface area (Å²) in [5.74, 6) is 2.09. The van der Waals surface area contributed by atoms with Crippen LogP contribution in [-0.4, -0.2) is 37.1 Å². The monoisotopic (exact) mass is 343 g/mol. The third-order valence-electron chi connectivity index (χ3n) is 5.46. The number of nitrogens with zero attached hydrogens (tertiary/aromatic N) is 1. The van der Waals surface area contributed by atoms with E-state index in [-0.39, 0.29) is 12.5 Å². The van der Waals surface area contributed by atoms with Crippen molar-refractivity contribution in [1.82, 2.24) is 4.90 Å². The van der Waals surface area contributed by atoms with Crippen LogP contribution in [0.2, 0.25) is 0 Å². The number of ether oxygens (including phenoxy) is 2. The van der Waals surface area contributed by atoms with E-state index in [1.807, 2.05) is 37.3 Å². The summed E-state index contributed by atoms with van der Waals surface area (Å²) in [5.41, 5.74) is 1.05. The second-order valence-electron chi connectivity index (χ2n) is 7.04. The van der Waals surface area contributed by atoms with E-state index < -0.39 is 0 Å². The van der Waals surface area contributed by atoms with Crippen LogP contribution in [0.25, 0.3) is 6.08 Å². The van der Waals surface area contributed by atoms with Crippen LogP contribution < -0.4 is 9.47 Å². The van der Waals surface area contributed by atoms with Gasteiger partial charge in [-0.25, -0.2) is 0 Å². The Balaban J connectivity index is 1.61. The molecule has 1 amide bonds. The van der Waals surface area contributed by atoms with Crippen LogP contribution in [0.15, 0.2) is 24.3 Å². The molecule has 0 radical (unpaired) electrons. The minimum absolute atomic E-state index is 0.0859. The molecule has 2 aliphatic rings. The van der Waals surface area contributed by atoms with Crippen molar-refractivity contribution in [3.8, 4) is 11.5 Å². The second-order valence-corrected chi connectivity index (χ2v) is 7.04. The largest absolute Gasteiger partial charge is 0.493 e. The number of carbonyl (C=O) groups excluding carboxylic acids is 1. The summed E-state index contributed by atoms with van der Waals surface area (Å²) in [6.07, 6.45) is 11.4. The molecule has 1 heterocycles. The fraction of sp³-hybridized carbons (Fsp3) is 0.571. The summed E-state index contributed by atoms with van der Waals surface area (Å²) in [6.45, 7) is 2.94. The summed E-state index contributed by atoms with van der Waals surface area (Å²) in [5, 5.41) is 0. The second kappa shape index (κ2) is 8.41. The zero-order valence-corrected chi connectivity index (χ0v) is 15.4. The molecule has 136 valence electrons. The maximum absolute atomic E-state index is 12.7. The van der Waals surface area contributed by atoms with Crippen LogP contribution in [0.5, 0.6) is 11.5 Å². The van der Waals surface area contributed by atoms with E-state index in [1.54, 1.807) is 7.11 Å². The molecule has 1 aromatic carbocycles.